The molecule has 6 nitrogen and oxygen atoms in total. The Hall–Kier alpha value is -0.870. The molecule has 0 amide bonds. The first kappa shape index (κ1) is 19.2. The first-order chi connectivity index (χ1) is 10.0. The quantitative estimate of drug-likeness (QED) is 0.673. The van der Waals surface area contributed by atoms with Crippen LogP contribution < -0.4 is 5.32 Å². The third-order valence-electron chi connectivity index (χ3n) is 3.35. The number of sulfone groups is 1. The fraction of sp³-hybridized carbons (Fsp3) is 0.500. The first-order valence-corrected chi connectivity index (χ1v) is 8.48. The summed E-state index contributed by atoms with van der Waals surface area (Å²) in [6.07, 6.45) is 0. The van der Waals surface area contributed by atoms with Crippen LogP contribution in [0.3, 0.4) is 0 Å². The fourth-order valence-corrected chi connectivity index (χ4v) is 3.20. The molecule has 1 aliphatic rings. The van der Waals surface area contributed by atoms with Crippen molar-refractivity contribution in [2.24, 2.45) is 4.99 Å². The van der Waals surface area contributed by atoms with Gasteiger partial charge in [0.05, 0.1) is 23.8 Å². The van der Waals surface area contributed by atoms with Crippen molar-refractivity contribution in [3.8, 4) is 0 Å². The van der Waals surface area contributed by atoms with Gasteiger partial charge in [0.15, 0.2) is 15.8 Å². The van der Waals surface area contributed by atoms with Crippen molar-refractivity contribution < 1.29 is 13.2 Å². The number of hydrogen-bond donors (Lipinski definition) is 1. The summed E-state index contributed by atoms with van der Waals surface area (Å²) in [6, 6.07) is 6.93. The van der Waals surface area contributed by atoms with Crippen LogP contribution in [0.2, 0.25) is 0 Å². The van der Waals surface area contributed by atoms with Gasteiger partial charge in [-0.2, -0.15) is 0 Å². The lowest BCUT2D eigenvalue weighted by molar-refractivity contribution is 0.217. The van der Waals surface area contributed by atoms with Crippen molar-refractivity contribution in [3.63, 3.8) is 0 Å². The molecule has 0 fully saturated rings. The van der Waals surface area contributed by atoms with Crippen molar-refractivity contribution in [3.05, 3.63) is 29.8 Å². The minimum atomic E-state index is -3.26. The number of benzene rings is 1. The van der Waals surface area contributed by atoms with Gasteiger partial charge in [-0.1, -0.05) is 12.1 Å². The molecule has 124 valence electrons. The minimum Gasteiger partial charge on any atom is -0.384 e. The number of rotatable bonds is 6. The normalized spacial score (nSPS) is 14.5. The second kappa shape index (κ2) is 8.68. The van der Waals surface area contributed by atoms with Gasteiger partial charge in [0, 0.05) is 27.2 Å². The number of aliphatic imine (C=N–C) groups is 1. The van der Waals surface area contributed by atoms with Crippen molar-refractivity contribution in [2.75, 3.05) is 39.6 Å². The molecule has 1 aromatic carbocycles. The highest BCUT2D eigenvalue weighted by Gasteiger charge is 2.14. The molecule has 0 atom stereocenters. The Bertz CT molecular complexity index is 602. The molecule has 1 aromatic rings. The largest absolute Gasteiger partial charge is 0.384 e. The Kier molecular flexibility index (Phi) is 7.57. The average molecular weight is 439 g/mol. The Morgan fingerprint density at radius 3 is 2.55 bits per heavy atom. The van der Waals surface area contributed by atoms with Crippen LogP contribution in [0, 0.1) is 0 Å². The van der Waals surface area contributed by atoms with Crippen LogP contribution in [0.25, 0.3) is 0 Å². The van der Waals surface area contributed by atoms with Gasteiger partial charge in [0.2, 0.25) is 0 Å². The first-order valence-electron chi connectivity index (χ1n) is 6.83. The van der Waals surface area contributed by atoms with Gasteiger partial charge in [-0.3, -0.25) is 4.99 Å². The Morgan fingerprint density at radius 2 is 2.00 bits per heavy atom. The molecule has 8 heteroatoms. The topological polar surface area (TPSA) is 71.0 Å². The summed E-state index contributed by atoms with van der Waals surface area (Å²) >= 11 is 0. The molecule has 0 saturated carbocycles. The summed E-state index contributed by atoms with van der Waals surface area (Å²) in [5.74, 6) is 0.884. The lowest BCUT2D eigenvalue weighted by atomic mass is 10.2. The monoisotopic (exact) mass is 439 g/mol. The number of nitrogens with zero attached hydrogens (tertiary/aromatic N) is 2. The summed E-state index contributed by atoms with van der Waals surface area (Å²) in [7, 11) is 0.228. The van der Waals surface area contributed by atoms with E-state index in [-0.39, 0.29) is 36.3 Å². The van der Waals surface area contributed by atoms with Gasteiger partial charge in [0.25, 0.3) is 0 Å². The molecule has 0 aromatic heterocycles. The molecular weight excluding hydrogens is 417 g/mol. The van der Waals surface area contributed by atoms with Crippen LogP contribution in [0.4, 0.5) is 0 Å². The molecule has 1 N–H and O–H groups in total. The van der Waals surface area contributed by atoms with E-state index >= 15 is 0 Å². The van der Waals surface area contributed by atoms with E-state index in [1.54, 1.807) is 12.1 Å². The maximum Gasteiger partial charge on any atom is 0.194 e. The van der Waals surface area contributed by atoms with Gasteiger partial charge in [-0.25, -0.2) is 8.42 Å². The molecule has 0 unspecified atom stereocenters. The molecule has 1 heterocycles. The second-order valence-electron chi connectivity index (χ2n) is 4.94. The van der Waals surface area contributed by atoms with Crippen molar-refractivity contribution in [1.82, 2.24) is 10.2 Å². The number of likely N-dealkylation sites (N-methyl/N-ethyl adjacent to an activating group) is 1. The van der Waals surface area contributed by atoms with Crippen LogP contribution in [-0.2, 0) is 21.1 Å². The van der Waals surface area contributed by atoms with Gasteiger partial charge in [0.1, 0.15) is 0 Å². The third kappa shape index (κ3) is 5.10. The van der Waals surface area contributed by atoms with E-state index in [4.69, 9.17) is 4.74 Å². The standard InChI is InChI=1S/C14H21N3O3S.HI/c1-17-8-7-15-14(17)16-11-12-3-5-13(6-4-12)21(18,19)10-9-20-2;/h3-6H,7-11H2,1-2H3,(H,15,16);1H. The highest BCUT2D eigenvalue weighted by molar-refractivity contribution is 14.0. The smallest absolute Gasteiger partial charge is 0.194 e. The van der Waals surface area contributed by atoms with Crippen LogP contribution in [0.1, 0.15) is 5.56 Å². The molecule has 0 spiro atoms. The summed E-state index contributed by atoms with van der Waals surface area (Å²) in [4.78, 5) is 6.74. The molecule has 0 aliphatic carbocycles. The van der Waals surface area contributed by atoms with Gasteiger partial charge in [-0.05, 0) is 17.7 Å². The number of methoxy groups -OCH3 is 1. The van der Waals surface area contributed by atoms with E-state index in [1.807, 2.05) is 19.2 Å². The predicted molar refractivity (Wildman–Crippen MR) is 97.6 cm³/mol. The van der Waals surface area contributed by atoms with Gasteiger partial charge in [-0.15, -0.1) is 24.0 Å². The van der Waals surface area contributed by atoms with Crippen LogP contribution >= 0.6 is 24.0 Å². The van der Waals surface area contributed by atoms with E-state index in [1.165, 1.54) is 7.11 Å². The Balaban J connectivity index is 0.00000242. The number of guanidine groups is 1. The van der Waals surface area contributed by atoms with Gasteiger partial charge >= 0.3 is 0 Å². The number of hydrogen-bond acceptors (Lipinski definition) is 6. The highest BCUT2D eigenvalue weighted by atomic mass is 127. The highest BCUT2D eigenvalue weighted by Crippen LogP contribution is 2.12. The van der Waals surface area contributed by atoms with Gasteiger partial charge < -0.3 is 15.0 Å². The number of nitrogens with one attached hydrogen (secondary N) is 1. The summed E-state index contributed by atoms with van der Waals surface area (Å²) in [5, 5.41) is 3.25. The molecule has 0 bridgehead atoms. The zero-order valence-corrected chi connectivity index (χ0v) is 15.9. The maximum absolute atomic E-state index is 12.0. The molecular formula is C14H22IN3O3S. The maximum atomic E-state index is 12.0. The van der Waals surface area contributed by atoms with E-state index < -0.39 is 9.84 Å². The third-order valence-corrected chi connectivity index (χ3v) is 5.04. The van der Waals surface area contributed by atoms with Crippen molar-refractivity contribution in [2.45, 2.75) is 11.4 Å². The Morgan fingerprint density at radius 1 is 1.32 bits per heavy atom. The van der Waals surface area contributed by atoms with E-state index in [0.717, 1.165) is 24.6 Å². The van der Waals surface area contributed by atoms with Crippen LogP contribution in [0.5, 0.6) is 0 Å². The zero-order valence-electron chi connectivity index (χ0n) is 12.8. The lowest BCUT2D eigenvalue weighted by Gasteiger charge is -2.15. The molecule has 0 radical (unpaired) electrons. The second-order valence-corrected chi connectivity index (χ2v) is 7.05. The van der Waals surface area contributed by atoms with Crippen LogP contribution in [0.15, 0.2) is 34.2 Å². The summed E-state index contributed by atoms with van der Waals surface area (Å²) in [6.45, 7) is 2.58. The zero-order chi connectivity index (χ0) is 15.3. The fourth-order valence-electron chi connectivity index (χ4n) is 2.03. The SMILES string of the molecule is COCCS(=O)(=O)c1ccc(CNC2=NCCN2C)cc1.I. The van der Waals surface area contributed by atoms with E-state index in [0.29, 0.717) is 11.4 Å². The molecule has 22 heavy (non-hydrogen) atoms. The van der Waals surface area contributed by atoms with E-state index in [9.17, 15) is 8.42 Å². The van der Waals surface area contributed by atoms with Crippen molar-refractivity contribution >= 4 is 39.8 Å². The van der Waals surface area contributed by atoms with Crippen LogP contribution in [-0.4, -0.2) is 58.9 Å². The lowest BCUT2D eigenvalue weighted by Crippen LogP contribution is -2.35. The molecule has 1 aliphatic heterocycles. The number of ether oxygens (including phenoxy) is 1. The molecule has 2 rings (SSSR count). The van der Waals surface area contributed by atoms with Crippen molar-refractivity contribution in [1.29, 1.82) is 0 Å². The predicted octanol–water partition coefficient (Wildman–Crippen LogP) is 1.12. The average Bonchev–Trinajstić information content (AvgIpc) is 2.89. The minimum absolute atomic E-state index is 0. The number of halogens is 1. The summed E-state index contributed by atoms with van der Waals surface area (Å²) in [5.41, 5.74) is 1.02. The summed E-state index contributed by atoms with van der Waals surface area (Å²) < 4.78 is 28.8. The van der Waals surface area contributed by atoms with E-state index in [2.05, 4.69) is 15.2 Å². The molecule has 0 saturated heterocycles. The Labute approximate surface area is 148 Å².